The Morgan fingerprint density at radius 1 is 1.17 bits per heavy atom. The van der Waals surface area contributed by atoms with Gasteiger partial charge in [-0.3, -0.25) is 9.36 Å². The van der Waals surface area contributed by atoms with Crippen molar-refractivity contribution in [1.29, 1.82) is 0 Å². The van der Waals surface area contributed by atoms with E-state index in [-0.39, 0.29) is 11.5 Å². The highest BCUT2D eigenvalue weighted by atomic mass is 32.2. The molecule has 3 aromatic rings. The van der Waals surface area contributed by atoms with Crippen LogP contribution in [0.2, 0.25) is 0 Å². The first-order chi connectivity index (χ1) is 11.7. The number of ketones is 1. The fraction of sp³-hybridized carbons (Fsp3) is 0.167. The molecule has 0 atom stereocenters. The Kier molecular flexibility index (Phi) is 4.96. The van der Waals surface area contributed by atoms with E-state index in [1.54, 1.807) is 25.6 Å². The number of ether oxygens (including phenoxy) is 1. The van der Waals surface area contributed by atoms with Crippen LogP contribution in [-0.2, 0) is 0 Å². The van der Waals surface area contributed by atoms with E-state index in [1.807, 2.05) is 47.9 Å². The van der Waals surface area contributed by atoms with Crippen LogP contribution in [0.1, 0.15) is 15.9 Å². The Bertz CT molecular complexity index is 861. The molecule has 122 valence electrons. The van der Waals surface area contributed by atoms with E-state index in [9.17, 15) is 4.79 Å². The molecule has 1 heterocycles. The minimum atomic E-state index is -0.00298. The van der Waals surface area contributed by atoms with Gasteiger partial charge in [0.15, 0.2) is 10.9 Å². The third-order valence-electron chi connectivity index (χ3n) is 3.63. The number of methoxy groups -OCH3 is 1. The smallest absolute Gasteiger partial charge is 0.196 e. The second-order valence-electron chi connectivity index (χ2n) is 5.18. The van der Waals surface area contributed by atoms with Crippen molar-refractivity contribution in [3.63, 3.8) is 0 Å². The number of carbonyl (C=O) groups is 1. The monoisotopic (exact) mass is 339 g/mol. The molecule has 0 aliphatic heterocycles. The largest absolute Gasteiger partial charge is 0.496 e. The fourth-order valence-corrected chi connectivity index (χ4v) is 3.21. The van der Waals surface area contributed by atoms with Crippen molar-refractivity contribution in [2.24, 2.45) is 0 Å². The summed E-state index contributed by atoms with van der Waals surface area (Å²) in [7, 11) is 1.56. The summed E-state index contributed by atoms with van der Waals surface area (Å²) in [6.45, 7) is 2.03. The summed E-state index contributed by atoms with van der Waals surface area (Å²) in [5, 5.41) is 8.80. The summed E-state index contributed by atoms with van der Waals surface area (Å²) >= 11 is 1.36. The SMILES string of the molecule is COc1ccccc1C(=O)CSc1nncn1-c1ccccc1C. The van der Waals surface area contributed by atoms with Crippen molar-refractivity contribution in [1.82, 2.24) is 14.8 Å². The summed E-state index contributed by atoms with van der Waals surface area (Å²) in [4.78, 5) is 12.5. The second kappa shape index (κ2) is 7.31. The number of thioether (sulfide) groups is 1. The number of Topliss-reactive ketones (excluding diaryl/α,β-unsaturated/α-hetero) is 1. The lowest BCUT2D eigenvalue weighted by atomic mass is 10.1. The molecule has 0 amide bonds. The third kappa shape index (κ3) is 3.33. The zero-order chi connectivity index (χ0) is 16.9. The second-order valence-corrected chi connectivity index (χ2v) is 6.12. The van der Waals surface area contributed by atoms with Crippen molar-refractivity contribution >= 4 is 17.5 Å². The average Bonchev–Trinajstić information content (AvgIpc) is 3.08. The Morgan fingerprint density at radius 3 is 2.71 bits per heavy atom. The lowest BCUT2D eigenvalue weighted by Gasteiger charge is -2.09. The first-order valence-corrected chi connectivity index (χ1v) is 8.44. The Balaban J connectivity index is 1.78. The van der Waals surface area contributed by atoms with Gasteiger partial charge in [0, 0.05) is 0 Å². The van der Waals surface area contributed by atoms with Gasteiger partial charge < -0.3 is 4.74 Å². The molecule has 0 saturated carbocycles. The summed E-state index contributed by atoms with van der Waals surface area (Å²) < 4.78 is 7.15. The number of hydrogen-bond donors (Lipinski definition) is 0. The van der Waals surface area contributed by atoms with Gasteiger partial charge in [-0.25, -0.2) is 0 Å². The third-order valence-corrected chi connectivity index (χ3v) is 4.57. The number of rotatable bonds is 6. The zero-order valence-electron chi connectivity index (χ0n) is 13.5. The number of para-hydroxylation sites is 2. The summed E-state index contributed by atoms with van der Waals surface area (Å²) in [6, 6.07) is 15.2. The van der Waals surface area contributed by atoms with Gasteiger partial charge in [0.2, 0.25) is 0 Å². The maximum atomic E-state index is 12.5. The van der Waals surface area contributed by atoms with Gasteiger partial charge in [-0.15, -0.1) is 10.2 Å². The van der Waals surface area contributed by atoms with E-state index >= 15 is 0 Å². The molecule has 0 fully saturated rings. The molecule has 1 aromatic heterocycles. The first-order valence-electron chi connectivity index (χ1n) is 7.45. The Morgan fingerprint density at radius 2 is 1.92 bits per heavy atom. The number of aromatic nitrogens is 3. The number of aryl methyl sites for hydroxylation is 1. The van der Waals surface area contributed by atoms with Crippen molar-refractivity contribution < 1.29 is 9.53 Å². The normalized spacial score (nSPS) is 10.6. The van der Waals surface area contributed by atoms with Gasteiger partial charge in [0.25, 0.3) is 0 Å². The summed E-state index contributed by atoms with van der Waals surface area (Å²) in [5.41, 5.74) is 2.71. The molecular weight excluding hydrogens is 322 g/mol. The molecule has 3 rings (SSSR count). The summed E-state index contributed by atoms with van der Waals surface area (Å²) in [5.74, 6) is 0.852. The quantitative estimate of drug-likeness (QED) is 0.508. The van der Waals surface area contributed by atoms with Crippen LogP contribution in [0, 0.1) is 6.92 Å². The van der Waals surface area contributed by atoms with Gasteiger partial charge in [-0.2, -0.15) is 0 Å². The molecule has 0 unspecified atom stereocenters. The molecular formula is C18H17N3O2S. The van der Waals surface area contributed by atoms with Crippen LogP contribution < -0.4 is 4.74 Å². The summed E-state index contributed by atoms with van der Waals surface area (Å²) in [6.07, 6.45) is 1.66. The van der Waals surface area contributed by atoms with Crippen molar-refractivity contribution in [2.75, 3.05) is 12.9 Å². The standard InChI is InChI=1S/C18H17N3O2S/c1-13-7-3-5-9-15(13)21-12-19-20-18(21)24-11-16(22)14-8-4-6-10-17(14)23-2/h3-10,12H,11H2,1-2H3. The van der Waals surface area contributed by atoms with Gasteiger partial charge in [0.1, 0.15) is 12.1 Å². The van der Waals surface area contributed by atoms with Crippen LogP contribution >= 0.6 is 11.8 Å². The van der Waals surface area contributed by atoms with Crippen LogP contribution in [-0.4, -0.2) is 33.4 Å². The molecule has 0 radical (unpaired) electrons. The molecule has 24 heavy (non-hydrogen) atoms. The van der Waals surface area contributed by atoms with Crippen LogP contribution in [0.3, 0.4) is 0 Å². The molecule has 0 saturated heterocycles. The highest BCUT2D eigenvalue weighted by molar-refractivity contribution is 7.99. The van der Waals surface area contributed by atoms with E-state index in [4.69, 9.17) is 4.74 Å². The molecule has 5 nitrogen and oxygen atoms in total. The van der Waals surface area contributed by atoms with Gasteiger partial charge in [-0.1, -0.05) is 42.1 Å². The predicted octanol–water partition coefficient (Wildman–Crippen LogP) is 3.56. The minimum Gasteiger partial charge on any atom is -0.496 e. The molecule has 0 bridgehead atoms. The minimum absolute atomic E-state index is 0.00298. The molecule has 0 aliphatic rings. The van der Waals surface area contributed by atoms with E-state index in [1.165, 1.54) is 11.8 Å². The van der Waals surface area contributed by atoms with E-state index < -0.39 is 0 Å². The Labute approximate surface area is 144 Å². The first kappa shape index (κ1) is 16.3. The lowest BCUT2D eigenvalue weighted by molar-refractivity contribution is 0.101. The predicted molar refractivity (Wildman–Crippen MR) is 94.1 cm³/mol. The topological polar surface area (TPSA) is 57.0 Å². The van der Waals surface area contributed by atoms with Gasteiger partial charge in [0.05, 0.1) is 24.1 Å². The average molecular weight is 339 g/mol. The Hall–Kier alpha value is -2.60. The van der Waals surface area contributed by atoms with Gasteiger partial charge in [-0.05, 0) is 30.7 Å². The van der Waals surface area contributed by atoms with Crippen LogP contribution in [0.5, 0.6) is 5.75 Å². The van der Waals surface area contributed by atoms with E-state index in [0.29, 0.717) is 16.5 Å². The van der Waals surface area contributed by atoms with Gasteiger partial charge >= 0.3 is 0 Å². The number of benzene rings is 2. The number of hydrogen-bond acceptors (Lipinski definition) is 5. The number of carbonyl (C=O) groups excluding carboxylic acids is 1. The maximum absolute atomic E-state index is 12.5. The van der Waals surface area contributed by atoms with E-state index in [0.717, 1.165) is 11.3 Å². The molecule has 0 aliphatic carbocycles. The highest BCUT2D eigenvalue weighted by Crippen LogP contribution is 2.24. The molecule has 0 spiro atoms. The van der Waals surface area contributed by atoms with E-state index in [2.05, 4.69) is 10.2 Å². The molecule has 6 heteroatoms. The number of nitrogens with zero attached hydrogens (tertiary/aromatic N) is 3. The van der Waals surface area contributed by atoms with Crippen LogP contribution in [0.25, 0.3) is 5.69 Å². The lowest BCUT2D eigenvalue weighted by Crippen LogP contribution is -2.06. The fourth-order valence-electron chi connectivity index (χ4n) is 2.40. The van der Waals surface area contributed by atoms with Crippen molar-refractivity contribution in [2.45, 2.75) is 12.1 Å². The maximum Gasteiger partial charge on any atom is 0.196 e. The van der Waals surface area contributed by atoms with Crippen LogP contribution in [0.4, 0.5) is 0 Å². The molecule has 0 N–H and O–H groups in total. The van der Waals surface area contributed by atoms with Crippen molar-refractivity contribution in [3.8, 4) is 11.4 Å². The highest BCUT2D eigenvalue weighted by Gasteiger charge is 2.15. The van der Waals surface area contributed by atoms with Crippen molar-refractivity contribution in [3.05, 3.63) is 66.0 Å². The molecule has 2 aromatic carbocycles. The van der Waals surface area contributed by atoms with Crippen LogP contribution in [0.15, 0.2) is 60.0 Å². The zero-order valence-corrected chi connectivity index (χ0v) is 14.3.